The van der Waals surface area contributed by atoms with Crippen molar-refractivity contribution in [3.05, 3.63) is 46.8 Å². The minimum Gasteiger partial charge on any atom is -0.444 e. The van der Waals surface area contributed by atoms with E-state index in [4.69, 9.17) is 4.74 Å². The van der Waals surface area contributed by atoms with Gasteiger partial charge in [-0.25, -0.2) is 9.48 Å². The van der Waals surface area contributed by atoms with Gasteiger partial charge in [0.2, 0.25) is 5.91 Å². The zero-order valence-corrected chi connectivity index (χ0v) is 18.1. The zero-order chi connectivity index (χ0) is 23.3. The fraction of sp³-hybridized carbons (Fsp3) is 0.500. The number of nitrogens with zero attached hydrogens (tertiary/aromatic N) is 3. The molecule has 2 amide bonds. The van der Waals surface area contributed by atoms with E-state index in [0.29, 0.717) is 24.3 Å². The van der Waals surface area contributed by atoms with Crippen molar-refractivity contribution in [3.63, 3.8) is 0 Å². The van der Waals surface area contributed by atoms with E-state index in [9.17, 15) is 22.8 Å². The third kappa shape index (κ3) is 4.58. The second kappa shape index (κ2) is 7.83. The van der Waals surface area contributed by atoms with Gasteiger partial charge in [-0.1, -0.05) is 12.1 Å². The molecule has 4 rings (SSSR count). The fourth-order valence-corrected chi connectivity index (χ4v) is 4.19. The zero-order valence-electron chi connectivity index (χ0n) is 18.1. The van der Waals surface area contributed by atoms with Gasteiger partial charge in [-0.3, -0.25) is 9.69 Å². The largest absolute Gasteiger partial charge is 0.444 e. The van der Waals surface area contributed by atoms with E-state index in [-0.39, 0.29) is 24.4 Å². The van der Waals surface area contributed by atoms with Gasteiger partial charge in [-0.15, -0.1) is 0 Å². The third-order valence-electron chi connectivity index (χ3n) is 5.43. The van der Waals surface area contributed by atoms with Gasteiger partial charge < -0.3 is 10.1 Å². The number of aromatic nitrogens is 2. The maximum atomic E-state index is 12.8. The molecule has 1 atom stereocenters. The molecule has 1 unspecified atom stereocenters. The van der Waals surface area contributed by atoms with Crippen LogP contribution in [0.3, 0.4) is 0 Å². The quantitative estimate of drug-likeness (QED) is 0.760. The number of alkyl halides is 3. The van der Waals surface area contributed by atoms with Crippen LogP contribution in [0.25, 0.3) is 5.69 Å². The Kier molecular flexibility index (Phi) is 5.42. The lowest BCUT2D eigenvalue weighted by molar-refractivity contribution is -0.127. The molecular weight excluding hydrogens is 425 g/mol. The lowest BCUT2D eigenvalue weighted by atomic mass is 9.96. The lowest BCUT2D eigenvalue weighted by Crippen LogP contribution is -2.46. The molecule has 32 heavy (non-hydrogen) atoms. The molecule has 0 radical (unpaired) electrons. The van der Waals surface area contributed by atoms with Crippen molar-refractivity contribution in [3.8, 4) is 5.69 Å². The van der Waals surface area contributed by atoms with E-state index in [2.05, 4.69) is 10.4 Å². The molecule has 2 aliphatic rings. The lowest BCUT2D eigenvalue weighted by Gasteiger charge is -2.36. The smallest absolute Gasteiger partial charge is 0.410 e. The Morgan fingerprint density at radius 1 is 1.22 bits per heavy atom. The summed E-state index contributed by atoms with van der Waals surface area (Å²) in [5, 5.41) is 7.45. The molecule has 2 aromatic rings. The Morgan fingerprint density at radius 3 is 2.53 bits per heavy atom. The van der Waals surface area contributed by atoms with Crippen LogP contribution in [0.5, 0.6) is 0 Å². The van der Waals surface area contributed by atoms with E-state index in [1.807, 2.05) is 0 Å². The van der Waals surface area contributed by atoms with Gasteiger partial charge in [-0.2, -0.15) is 18.3 Å². The predicted octanol–water partition coefficient (Wildman–Crippen LogP) is 3.48. The SMILES string of the molecule is CC(C)(C)OC(=O)N1CCc2c3c(nn2-c2ccc(CC(F)(F)F)cc2)CC(=O)NCC31. The number of carbonyl (C=O) groups is 2. The normalized spacial score (nSPS) is 18.6. The van der Waals surface area contributed by atoms with E-state index in [1.165, 1.54) is 12.1 Å². The summed E-state index contributed by atoms with van der Waals surface area (Å²) in [5.74, 6) is -0.198. The van der Waals surface area contributed by atoms with Crippen LogP contribution in [-0.2, 0) is 28.8 Å². The number of ether oxygens (including phenoxy) is 1. The molecular formula is C22H25F3N4O3. The number of benzene rings is 1. The number of halogens is 3. The predicted molar refractivity (Wildman–Crippen MR) is 109 cm³/mol. The van der Waals surface area contributed by atoms with Gasteiger partial charge in [-0.05, 0) is 38.5 Å². The highest BCUT2D eigenvalue weighted by molar-refractivity contribution is 5.80. The van der Waals surface area contributed by atoms with Crippen molar-refractivity contribution in [1.82, 2.24) is 20.0 Å². The molecule has 3 heterocycles. The number of carbonyl (C=O) groups excluding carboxylic acids is 2. The molecule has 0 saturated carbocycles. The van der Waals surface area contributed by atoms with E-state index >= 15 is 0 Å². The number of hydrogen-bond acceptors (Lipinski definition) is 4. The highest BCUT2D eigenvalue weighted by atomic mass is 19.4. The third-order valence-corrected chi connectivity index (χ3v) is 5.43. The highest BCUT2D eigenvalue weighted by Crippen LogP contribution is 2.36. The summed E-state index contributed by atoms with van der Waals surface area (Å²) in [5.41, 5.74) is 2.34. The van der Waals surface area contributed by atoms with Gasteiger partial charge >= 0.3 is 12.3 Å². The Bertz CT molecular complexity index is 1040. The highest BCUT2D eigenvalue weighted by Gasteiger charge is 2.40. The molecule has 1 aromatic heterocycles. The Labute approximate surface area is 183 Å². The molecule has 1 N–H and O–H groups in total. The second-order valence-electron chi connectivity index (χ2n) is 9.10. The van der Waals surface area contributed by atoms with Crippen LogP contribution in [0.2, 0.25) is 0 Å². The Balaban J connectivity index is 1.70. The van der Waals surface area contributed by atoms with Crippen LogP contribution < -0.4 is 5.32 Å². The van der Waals surface area contributed by atoms with Gasteiger partial charge in [0, 0.05) is 25.1 Å². The summed E-state index contributed by atoms with van der Waals surface area (Å²) >= 11 is 0. The maximum Gasteiger partial charge on any atom is 0.410 e. The van der Waals surface area contributed by atoms with Crippen molar-refractivity contribution in [2.24, 2.45) is 0 Å². The Morgan fingerprint density at radius 2 is 1.91 bits per heavy atom. The molecule has 0 fully saturated rings. The molecule has 7 nitrogen and oxygen atoms in total. The summed E-state index contributed by atoms with van der Waals surface area (Å²) in [6.45, 7) is 6.00. The van der Waals surface area contributed by atoms with Crippen LogP contribution in [0.1, 0.15) is 49.3 Å². The van der Waals surface area contributed by atoms with E-state index in [0.717, 1.165) is 11.3 Å². The first kappa shape index (κ1) is 22.2. The average molecular weight is 450 g/mol. The number of nitrogens with one attached hydrogen (secondary N) is 1. The first-order valence-electron chi connectivity index (χ1n) is 10.4. The average Bonchev–Trinajstić information content (AvgIpc) is 2.93. The minimum atomic E-state index is -4.28. The minimum absolute atomic E-state index is 0.0696. The van der Waals surface area contributed by atoms with Gasteiger partial charge in [0.25, 0.3) is 0 Å². The molecule has 1 aromatic carbocycles. The van der Waals surface area contributed by atoms with Crippen LogP contribution >= 0.6 is 0 Å². The first-order chi connectivity index (χ1) is 14.9. The monoisotopic (exact) mass is 450 g/mol. The van der Waals surface area contributed by atoms with Gasteiger partial charge in [0.15, 0.2) is 0 Å². The van der Waals surface area contributed by atoms with Crippen molar-refractivity contribution in [2.75, 3.05) is 13.1 Å². The second-order valence-corrected chi connectivity index (χ2v) is 9.10. The summed E-state index contributed by atoms with van der Waals surface area (Å²) in [6, 6.07) is 5.64. The molecule has 0 spiro atoms. The van der Waals surface area contributed by atoms with Gasteiger partial charge in [0.1, 0.15) is 5.60 Å². The summed E-state index contributed by atoms with van der Waals surface area (Å²) in [6.07, 6.45) is -5.18. The molecule has 2 aliphatic heterocycles. The summed E-state index contributed by atoms with van der Waals surface area (Å²) < 4.78 is 45.2. The van der Waals surface area contributed by atoms with Crippen LogP contribution in [0.4, 0.5) is 18.0 Å². The van der Waals surface area contributed by atoms with Crippen molar-refractivity contribution < 1.29 is 27.5 Å². The van der Waals surface area contributed by atoms with Gasteiger partial charge in [0.05, 0.1) is 36.0 Å². The van der Waals surface area contributed by atoms with Crippen LogP contribution in [0.15, 0.2) is 24.3 Å². The van der Waals surface area contributed by atoms with E-state index < -0.39 is 30.3 Å². The van der Waals surface area contributed by atoms with E-state index in [1.54, 1.807) is 42.5 Å². The number of amides is 2. The van der Waals surface area contributed by atoms with Crippen LogP contribution in [-0.4, -0.2) is 51.5 Å². The first-order valence-corrected chi connectivity index (χ1v) is 10.4. The molecule has 0 aliphatic carbocycles. The standard InChI is InChI=1S/C22H25F3N4O3/c1-21(2,3)32-20(31)28-9-8-16-19-15(10-18(30)26-12-17(19)28)27-29(16)14-6-4-13(5-7-14)11-22(23,24)25/h4-7,17H,8-12H2,1-3H3,(H,26,30). The summed E-state index contributed by atoms with van der Waals surface area (Å²) in [7, 11) is 0. The number of rotatable bonds is 2. The van der Waals surface area contributed by atoms with Crippen molar-refractivity contribution in [2.45, 2.75) is 57.9 Å². The molecule has 10 heteroatoms. The maximum absolute atomic E-state index is 12.8. The molecule has 0 saturated heterocycles. The fourth-order valence-electron chi connectivity index (χ4n) is 4.19. The van der Waals surface area contributed by atoms with Crippen molar-refractivity contribution in [1.29, 1.82) is 0 Å². The number of hydrogen-bond donors (Lipinski definition) is 1. The topological polar surface area (TPSA) is 76.5 Å². The molecule has 172 valence electrons. The Hall–Kier alpha value is -3.04. The molecule has 0 bridgehead atoms. The van der Waals surface area contributed by atoms with Crippen LogP contribution in [0, 0.1) is 0 Å². The summed E-state index contributed by atoms with van der Waals surface area (Å²) in [4.78, 5) is 26.7. The van der Waals surface area contributed by atoms with Crippen molar-refractivity contribution >= 4 is 12.0 Å².